The zero-order valence-electron chi connectivity index (χ0n) is 9.88. The molecule has 0 bridgehead atoms. The van der Waals surface area contributed by atoms with Crippen molar-refractivity contribution in [3.8, 4) is 0 Å². The third-order valence-electron chi connectivity index (χ3n) is 2.69. The number of primary amides is 1. The van der Waals surface area contributed by atoms with E-state index >= 15 is 0 Å². The van der Waals surface area contributed by atoms with E-state index in [9.17, 15) is 9.59 Å². The van der Waals surface area contributed by atoms with Gasteiger partial charge in [0, 0.05) is 12.1 Å². The molecule has 1 aromatic carbocycles. The molecular formula is C12H16N2O3. The number of carboxylic acid groups (broad SMARTS) is 1. The monoisotopic (exact) mass is 236 g/mol. The molecule has 5 nitrogen and oxygen atoms in total. The molecule has 17 heavy (non-hydrogen) atoms. The lowest BCUT2D eigenvalue weighted by Gasteiger charge is -2.21. The van der Waals surface area contributed by atoms with E-state index in [-0.39, 0.29) is 0 Å². The number of hydrogen-bond acceptors (Lipinski definition) is 3. The summed E-state index contributed by atoms with van der Waals surface area (Å²) in [5, 5.41) is 8.84. The molecule has 5 heteroatoms. The summed E-state index contributed by atoms with van der Waals surface area (Å²) in [6.45, 7) is 2.13. The second kappa shape index (κ2) is 5.45. The number of nitrogens with zero attached hydrogens (tertiary/aromatic N) is 1. The highest BCUT2D eigenvalue weighted by Crippen LogP contribution is 2.08. The van der Waals surface area contributed by atoms with Gasteiger partial charge in [-0.3, -0.25) is 14.5 Å². The molecule has 92 valence electrons. The third-order valence-corrected chi connectivity index (χ3v) is 2.69. The quantitative estimate of drug-likeness (QED) is 0.787. The largest absolute Gasteiger partial charge is 0.480 e. The van der Waals surface area contributed by atoms with Gasteiger partial charge in [0.15, 0.2) is 0 Å². The Morgan fingerprint density at radius 3 is 2.29 bits per heavy atom. The van der Waals surface area contributed by atoms with Crippen LogP contribution >= 0.6 is 0 Å². The highest BCUT2D eigenvalue weighted by Gasteiger charge is 2.16. The van der Waals surface area contributed by atoms with Crippen LogP contribution in [0.3, 0.4) is 0 Å². The smallest absolute Gasteiger partial charge is 0.320 e. The van der Waals surface area contributed by atoms with E-state index in [1.165, 1.54) is 0 Å². The number of likely N-dealkylation sites (N-methyl/N-ethyl adjacent to an activating group) is 1. The Morgan fingerprint density at radius 1 is 1.35 bits per heavy atom. The van der Waals surface area contributed by atoms with Crippen LogP contribution in [-0.2, 0) is 11.3 Å². The van der Waals surface area contributed by atoms with Crippen LogP contribution in [0.4, 0.5) is 0 Å². The fraction of sp³-hybridized carbons (Fsp3) is 0.333. The van der Waals surface area contributed by atoms with Gasteiger partial charge in [0.2, 0.25) is 5.91 Å². The highest BCUT2D eigenvalue weighted by atomic mass is 16.4. The zero-order chi connectivity index (χ0) is 13.0. The zero-order valence-corrected chi connectivity index (χ0v) is 9.88. The molecule has 1 aromatic rings. The maximum atomic E-state index is 10.9. The Kier molecular flexibility index (Phi) is 4.23. The molecule has 0 saturated heterocycles. The van der Waals surface area contributed by atoms with E-state index in [2.05, 4.69) is 0 Å². The second-order valence-corrected chi connectivity index (χ2v) is 3.99. The summed E-state index contributed by atoms with van der Waals surface area (Å²) in [5.74, 6) is -1.33. The van der Waals surface area contributed by atoms with E-state index in [1.54, 1.807) is 43.1 Å². The lowest BCUT2D eigenvalue weighted by atomic mass is 10.1. The fourth-order valence-electron chi connectivity index (χ4n) is 1.39. The molecule has 1 unspecified atom stereocenters. The topological polar surface area (TPSA) is 83.6 Å². The molecule has 1 rings (SSSR count). The van der Waals surface area contributed by atoms with Crippen molar-refractivity contribution in [1.29, 1.82) is 0 Å². The van der Waals surface area contributed by atoms with Crippen LogP contribution in [0, 0.1) is 0 Å². The SMILES string of the molecule is CC(C(=O)O)N(C)Cc1ccc(C(N)=O)cc1. The first-order valence-electron chi connectivity index (χ1n) is 5.23. The lowest BCUT2D eigenvalue weighted by Crippen LogP contribution is -2.35. The van der Waals surface area contributed by atoms with Crippen molar-refractivity contribution in [2.24, 2.45) is 5.73 Å². The summed E-state index contributed by atoms with van der Waals surface area (Å²) in [7, 11) is 1.74. The van der Waals surface area contributed by atoms with Crippen molar-refractivity contribution in [1.82, 2.24) is 4.90 Å². The van der Waals surface area contributed by atoms with Gasteiger partial charge in [0.05, 0.1) is 0 Å². The van der Waals surface area contributed by atoms with Crippen molar-refractivity contribution in [3.63, 3.8) is 0 Å². The summed E-state index contributed by atoms with van der Waals surface area (Å²) in [4.78, 5) is 23.3. The minimum atomic E-state index is -0.860. The molecule has 0 aromatic heterocycles. The molecule has 1 amide bonds. The van der Waals surface area contributed by atoms with Gasteiger partial charge in [-0.05, 0) is 31.7 Å². The number of carbonyl (C=O) groups is 2. The van der Waals surface area contributed by atoms with Crippen LogP contribution in [0.15, 0.2) is 24.3 Å². The van der Waals surface area contributed by atoms with Gasteiger partial charge in [-0.2, -0.15) is 0 Å². The maximum Gasteiger partial charge on any atom is 0.320 e. The minimum absolute atomic E-state index is 0.447. The van der Waals surface area contributed by atoms with Gasteiger partial charge in [-0.15, -0.1) is 0 Å². The average Bonchev–Trinajstić information content (AvgIpc) is 2.28. The van der Waals surface area contributed by atoms with Gasteiger partial charge >= 0.3 is 5.97 Å². The van der Waals surface area contributed by atoms with E-state index in [0.717, 1.165) is 5.56 Å². The van der Waals surface area contributed by atoms with Gasteiger partial charge in [0.25, 0.3) is 0 Å². The fourth-order valence-corrected chi connectivity index (χ4v) is 1.39. The number of carbonyl (C=O) groups excluding carboxylic acids is 1. The molecule has 0 radical (unpaired) electrons. The Morgan fingerprint density at radius 2 is 1.88 bits per heavy atom. The number of rotatable bonds is 5. The van der Waals surface area contributed by atoms with Crippen LogP contribution < -0.4 is 5.73 Å². The van der Waals surface area contributed by atoms with E-state index in [0.29, 0.717) is 12.1 Å². The van der Waals surface area contributed by atoms with E-state index in [4.69, 9.17) is 10.8 Å². The van der Waals surface area contributed by atoms with Crippen LogP contribution in [0.1, 0.15) is 22.8 Å². The molecule has 0 saturated carbocycles. The first kappa shape index (κ1) is 13.2. The Labute approximate surface area is 99.8 Å². The third kappa shape index (κ3) is 3.57. The van der Waals surface area contributed by atoms with E-state index < -0.39 is 17.9 Å². The van der Waals surface area contributed by atoms with Crippen molar-refractivity contribution < 1.29 is 14.7 Å². The first-order valence-corrected chi connectivity index (χ1v) is 5.23. The Bertz CT molecular complexity index is 414. The van der Waals surface area contributed by atoms with Gasteiger partial charge in [0.1, 0.15) is 6.04 Å². The van der Waals surface area contributed by atoms with Crippen LogP contribution in [0.25, 0.3) is 0 Å². The van der Waals surface area contributed by atoms with Crippen molar-refractivity contribution in [3.05, 3.63) is 35.4 Å². The molecule has 0 aliphatic heterocycles. The number of hydrogen-bond donors (Lipinski definition) is 2. The minimum Gasteiger partial charge on any atom is -0.480 e. The molecule has 3 N–H and O–H groups in total. The van der Waals surface area contributed by atoms with Crippen molar-refractivity contribution >= 4 is 11.9 Å². The standard InChI is InChI=1S/C12H16N2O3/c1-8(12(16)17)14(2)7-9-3-5-10(6-4-9)11(13)15/h3-6,8H,7H2,1-2H3,(H2,13,15)(H,16,17). The van der Waals surface area contributed by atoms with Crippen LogP contribution in [-0.4, -0.2) is 35.0 Å². The number of aliphatic carboxylic acids is 1. The second-order valence-electron chi connectivity index (χ2n) is 3.99. The number of amides is 1. The number of benzene rings is 1. The lowest BCUT2D eigenvalue weighted by molar-refractivity contribution is -0.142. The van der Waals surface area contributed by atoms with E-state index in [1.807, 2.05) is 0 Å². The van der Waals surface area contributed by atoms with Crippen molar-refractivity contribution in [2.75, 3.05) is 7.05 Å². The van der Waals surface area contributed by atoms with Crippen molar-refractivity contribution in [2.45, 2.75) is 19.5 Å². The van der Waals surface area contributed by atoms with Gasteiger partial charge in [-0.25, -0.2) is 0 Å². The molecule has 1 atom stereocenters. The normalized spacial score (nSPS) is 12.4. The Balaban J connectivity index is 2.69. The summed E-state index contributed by atoms with van der Waals surface area (Å²) in [6.07, 6.45) is 0. The summed E-state index contributed by atoms with van der Waals surface area (Å²) in [6, 6.07) is 6.26. The van der Waals surface area contributed by atoms with Gasteiger partial charge in [-0.1, -0.05) is 12.1 Å². The molecule has 0 heterocycles. The summed E-state index contributed by atoms with van der Waals surface area (Å²) >= 11 is 0. The first-order chi connectivity index (χ1) is 7.91. The predicted octanol–water partition coefficient (Wildman–Crippen LogP) is 0.690. The summed E-state index contributed by atoms with van der Waals surface area (Å²) < 4.78 is 0. The molecule has 0 aliphatic carbocycles. The number of nitrogens with two attached hydrogens (primary N) is 1. The average molecular weight is 236 g/mol. The Hall–Kier alpha value is -1.88. The maximum absolute atomic E-state index is 10.9. The summed E-state index contributed by atoms with van der Waals surface area (Å²) in [5.41, 5.74) is 6.51. The predicted molar refractivity (Wildman–Crippen MR) is 63.5 cm³/mol. The van der Waals surface area contributed by atoms with Crippen LogP contribution in [0.2, 0.25) is 0 Å². The molecule has 0 spiro atoms. The highest BCUT2D eigenvalue weighted by molar-refractivity contribution is 5.92. The molecular weight excluding hydrogens is 220 g/mol. The van der Waals surface area contributed by atoms with Gasteiger partial charge < -0.3 is 10.8 Å². The molecule has 0 fully saturated rings. The van der Waals surface area contributed by atoms with Crippen LogP contribution in [0.5, 0.6) is 0 Å². The molecule has 0 aliphatic rings. The number of carboxylic acids is 1.